The van der Waals surface area contributed by atoms with Crippen molar-refractivity contribution >= 4 is 0 Å². The highest BCUT2D eigenvalue weighted by atomic mass is 19.4. The molecule has 0 atom stereocenters. The molecule has 1 aliphatic heterocycles. The van der Waals surface area contributed by atoms with Crippen molar-refractivity contribution in [3.05, 3.63) is 29.8 Å². The highest BCUT2D eigenvalue weighted by molar-refractivity contribution is 5.28. The van der Waals surface area contributed by atoms with Gasteiger partial charge in [0.25, 0.3) is 0 Å². The van der Waals surface area contributed by atoms with Gasteiger partial charge >= 0.3 is 6.36 Å². The van der Waals surface area contributed by atoms with Gasteiger partial charge in [0, 0.05) is 25.7 Å². The summed E-state index contributed by atoms with van der Waals surface area (Å²) in [6, 6.07) is 6.20. The Hall–Kier alpha value is -1.27. The average Bonchev–Trinajstić information content (AvgIpc) is 2.13. The number of alkyl halides is 3. The largest absolute Gasteiger partial charge is 0.573 e. The molecule has 0 aromatic heterocycles. The molecule has 6 heteroatoms. The summed E-state index contributed by atoms with van der Waals surface area (Å²) < 4.78 is 39.9. The summed E-state index contributed by atoms with van der Waals surface area (Å²) in [5, 5.41) is 0. The second kappa shape index (κ2) is 4.54. The molecule has 94 valence electrons. The minimum absolute atomic E-state index is 0.181. The number of halogens is 3. The number of ether oxygens (including phenoxy) is 1. The van der Waals surface area contributed by atoms with Crippen LogP contribution in [0.15, 0.2) is 24.3 Å². The number of hydrogen-bond donors (Lipinski definition) is 1. The zero-order chi connectivity index (χ0) is 12.5. The quantitative estimate of drug-likeness (QED) is 0.882. The van der Waals surface area contributed by atoms with Gasteiger partial charge in [-0.3, -0.25) is 4.90 Å². The zero-order valence-corrected chi connectivity index (χ0v) is 9.07. The summed E-state index contributed by atoms with van der Waals surface area (Å²) >= 11 is 0. The Morgan fingerprint density at radius 1 is 1.35 bits per heavy atom. The number of rotatable bonds is 3. The first-order valence-corrected chi connectivity index (χ1v) is 5.25. The summed E-state index contributed by atoms with van der Waals surface area (Å²) in [5.74, 6) is -0.181. The van der Waals surface area contributed by atoms with Gasteiger partial charge in [-0.05, 0) is 17.7 Å². The Bertz CT molecular complexity index is 389. The van der Waals surface area contributed by atoms with Gasteiger partial charge in [0.1, 0.15) is 5.75 Å². The maximum absolute atomic E-state index is 12.0. The Kier molecular flexibility index (Phi) is 3.26. The molecule has 1 fully saturated rings. The number of likely N-dealkylation sites (tertiary alicyclic amines) is 1. The van der Waals surface area contributed by atoms with E-state index in [0.29, 0.717) is 6.54 Å². The molecule has 17 heavy (non-hydrogen) atoms. The van der Waals surface area contributed by atoms with E-state index < -0.39 is 6.36 Å². The molecule has 0 aliphatic carbocycles. The van der Waals surface area contributed by atoms with Crippen molar-refractivity contribution in [2.45, 2.75) is 18.9 Å². The van der Waals surface area contributed by atoms with Gasteiger partial charge in [0.05, 0.1) is 0 Å². The van der Waals surface area contributed by atoms with Gasteiger partial charge in [-0.2, -0.15) is 0 Å². The number of nitrogens with two attached hydrogens (primary N) is 1. The van der Waals surface area contributed by atoms with E-state index in [9.17, 15) is 13.2 Å². The van der Waals surface area contributed by atoms with Crippen LogP contribution in [0.5, 0.6) is 5.75 Å². The van der Waals surface area contributed by atoms with Crippen molar-refractivity contribution in [2.24, 2.45) is 5.73 Å². The van der Waals surface area contributed by atoms with Gasteiger partial charge in [-0.15, -0.1) is 13.2 Å². The lowest BCUT2D eigenvalue weighted by Gasteiger charge is -2.36. The Balaban J connectivity index is 1.96. The first kappa shape index (κ1) is 12.2. The number of benzene rings is 1. The third-order valence-corrected chi connectivity index (χ3v) is 2.52. The minimum Gasteiger partial charge on any atom is -0.406 e. The summed E-state index contributed by atoms with van der Waals surface area (Å²) in [6.07, 6.45) is -4.64. The molecule has 2 N–H and O–H groups in total. The SMILES string of the molecule is NC1CN(Cc2cccc(OC(F)(F)F)c2)C1. The van der Waals surface area contributed by atoms with E-state index >= 15 is 0 Å². The topological polar surface area (TPSA) is 38.5 Å². The Morgan fingerprint density at radius 2 is 2.06 bits per heavy atom. The lowest BCUT2D eigenvalue weighted by molar-refractivity contribution is -0.274. The van der Waals surface area contributed by atoms with Gasteiger partial charge < -0.3 is 10.5 Å². The third-order valence-electron chi connectivity index (χ3n) is 2.52. The van der Waals surface area contributed by atoms with E-state index in [-0.39, 0.29) is 11.8 Å². The lowest BCUT2D eigenvalue weighted by Crippen LogP contribution is -2.54. The summed E-state index contributed by atoms with van der Waals surface area (Å²) in [4.78, 5) is 2.07. The molecule has 1 heterocycles. The Morgan fingerprint density at radius 3 is 2.65 bits per heavy atom. The highest BCUT2D eigenvalue weighted by Crippen LogP contribution is 2.24. The van der Waals surface area contributed by atoms with Gasteiger partial charge in [0.15, 0.2) is 0 Å². The van der Waals surface area contributed by atoms with E-state index in [2.05, 4.69) is 9.64 Å². The summed E-state index contributed by atoms with van der Waals surface area (Å²) in [5.41, 5.74) is 6.41. The predicted octanol–water partition coefficient (Wildman–Crippen LogP) is 1.73. The van der Waals surface area contributed by atoms with Crippen LogP contribution in [0.4, 0.5) is 13.2 Å². The molecule has 0 amide bonds. The van der Waals surface area contributed by atoms with Crippen LogP contribution in [0.25, 0.3) is 0 Å². The van der Waals surface area contributed by atoms with Crippen LogP contribution in [0.3, 0.4) is 0 Å². The molecule has 1 aromatic carbocycles. The Labute approximate surface area is 97.0 Å². The molecule has 3 nitrogen and oxygen atoms in total. The fourth-order valence-electron chi connectivity index (χ4n) is 1.84. The van der Waals surface area contributed by atoms with E-state index in [1.165, 1.54) is 12.1 Å². The van der Waals surface area contributed by atoms with Gasteiger partial charge in [-0.25, -0.2) is 0 Å². The molecule has 0 bridgehead atoms. The maximum atomic E-state index is 12.0. The normalized spacial score (nSPS) is 17.9. The molecule has 0 radical (unpaired) electrons. The van der Waals surface area contributed by atoms with Crippen LogP contribution >= 0.6 is 0 Å². The van der Waals surface area contributed by atoms with Crippen molar-refractivity contribution in [2.75, 3.05) is 13.1 Å². The van der Waals surface area contributed by atoms with Crippen LogP contribution in [0.1, 0.15) is 5.56 Å². The lowest BCUT2D eigenvalue weighted by atomic mass is 10.1. The molecular weight excluding hydrogens is 233 g/mol. The summed E-state index contributed by atoms with van der Waals surface area (Å²) in [7, 11) is 0. The van der Waals surface area contributed by atoms with Crippen LogP contribution in [-0.2, 0) is 6.54 Å². The maximum Gasteiger partial charge on any atom is 0.573 e. The molecule has 0 saturated carbocycles. The summed E-state index contributed by atoms with van der Waals surface area (Å²) in [6.45, 7) is 2.16. The third kappa shape index (κ3) is 3.61. The van der Waals surface area contributed by atoms with Crippen molar-refractivity contribution in [1.82, 2.24) is 4.90 Å². The van der Waals surface area contributed by atoms with Crippen LogP contribution < -0.4 is 10.5 Å². The molecule has 1 aromatic rings. The molecule has 1 saturated heterocycles. The van der Waals surface area contributed by atoms with Crippen molar-refractivity contribution in [3.8, 4) is 5.75 Å². The van der Waals surface area contributed by atoms with Gasteiger partial charge in [0.2, 0.25) is 0 Å². The van der Waals surface area contributed by atoms with Crippen LogP contribution in [-0.4, -0.2) is 30.4 Å². The van der Waals surface area contributed by atoms with Crippen molar-refractivity contribution in [1.29, 1.82) is 0 Å². The molecule has 0 unspecified atom stereocenters. The second-order valence-electron chi connectivity index (χ2n) is 4.15. The van der Waals surface area contributed by atoms with Crippen LogP contribution in [0, 0.1) is 0 Å². The molecule has 0 spiro atoms. The van der Waals surface area contributed by atoms with Gasteiger partial charge in [-0.1, -0.05) is 12.1 Å². The molecule has 2 rings (SSSR count). The number of nitrogens with zero attached hydrogens (tertiary/aromatic N) is 1. The second-order valence-corrected chi connectivity index (χ2v) is 4.15. The van der Waals surface area contributed by atoms with E-state index in [1.807, 2.05) is 0 Å². The first-order valence-electron chi connectivity index (χ1n) is 5.25. The fraction of sp³-hybridized carbons (Fsp3) is 0.455. The van der Waals surface area contributed by atoms with Crippen molar-refractivity contribution < 1.29 is 17.9 Å². The van der Waals surface area contributed by atoms with Crippen molar-refractivity contribution in [3.63, 3.8) is 0 Å². The van der Waals surface area contributed by atoms with E-state index in [4.69, 9.17) is 5.73 Å². The molecule has 1 aliphatic rings. The monoisotopic (exact) mass is 246 g/mol. The first-order chi connectivity index (χ1) is 7.92. The average molecular weight is 246 g/mol. The predicted molar refractivity (Wildman–Crippen MR) is 56.4 cm³/mol. The van der Waals surface area contributed by atoms with Crippen LogP contribution in [0.2, 0.25) is 0 Å². The minimum atomic E-state index is -4.64. The standard InChI is InChI=1S/C11H13F3N2O/c12-11(13,14)17-10-3-1-2-8(4-10)5-16-6-9(15)7-16/h1-4,9H,5-7,15H2. The van der Waals surface area contributed by atoms with E-state index in [0.717, 1.165) is 18.7 Å². The molecular formula is C11H13F3N2O. The van der Waals surface area contributed by atoms with E-state index in [1.54, 1.807) is 12.1 Å². The highest BCUT2D eigenvalue weighted by Gasteiger charge is 2.31. The zero-order valence-electron chi connectivity index (χ0n) is 9.07. The fourth-order valence-corrected chi connectivity index (χ4v) is 1.84. The smallest absolute Gasteiger partial charge is 0.406 e. The number of hydrogen-bond acceptors (Lipinski definition) is 3.